The average Bonchev–Trinajstić information content (AvgIpc) is 2.97. The molecule has 2 amide bonds. The number of amides is 2. The number of benzene rings is 1. The molecule has 7 heteroatoms. The van der Waals surface area contributed by atoms with Gasteiger partial charge in [-0.2, -0.15) is 0 Å². The Labute approximate surface area is 172 Å². The number of hydrogen-bond acceptors (Lipinski definition) is 5. The van der Waals surface area contributed by atoms with E-state index in [4.69, 9.17) is 9.47 Å². The van der Waals surface area contributed by atoms with Crippen LogP contribution in [0.1, 0.15) is 45.1 Å². The summed E-state index contributed by atoms with van der Waals surface area (Å²) in [6.45, 7) is 6.34. The number of Topliss-reactive ketones (excluding diaryl/α,β-unsaturated/α-hetero) is 1. The van der Waals surface area contributed by atoms with Crippen LogP contribution in [-0.2, 0) is 20.8 Å². The Hall–Kier alpha value is -2.57. The van der Waals surface area contributed by atoms with Gasteiger partial charge in [-0.05, 0) is 44.4 Å². The van der Waals surface area contributed by atoms with E-state index in [1.54, 1.807) is 12.0 Å². The van der Waals surface area contributed by atoms with Crippen LogP contribution in [0.5, 0.6) is 11.5 Å². The number of hydrogen-bond donors (Lipinski definition) is 0. The van der Waals surface area contributed by atoms with E-state index in [1.807, 2.05) is 30.0 Å². The third kappa shape index (κ3) is 7.07. The van der Waals surface area contributed by atoms with E-state index in [0.717, 1.165) is 12.0 Å². The quantitative estimate of drug-likeness (QED) is 0.632. The van der Waals surface area contributed by atoms with Crippen LogP contribution in [-0.4, -0.2) is 67.3 Å². The van der Waals surface area contributed by atoms with Gasteiger partial charge >= 0.3 is 0 Å². The van der Waals surface area contributed by atoms with Gasteiger partial charge in [0.15, 0.2) is 11.5 Å². The Morgan fingerprint density at radius 2 is 1.59 bits per heavy atom. The summed E-state index contributed by atoms with van der Waals surface area (Å²) in [7, 11) is 1.60. The molecule has 7 nitrogen and oxygen atoms in total. The van der Waals surface area contributed by atoms with Crippen LogP contribution in [0, 0.1) is 0 Å². The number of carbonyl (C=O) groups excluding carboxylic acids is 3. The van der Waals surface area contributed by atoms with Crippen molar-refractivity contribution in [1.82, 2.24) is 9.80 Å². The molecule has 0 radical (unpaired) electrons. The van der Waals surface area contributed by atoms with Crippen molar-refractivity contribution in [3.8, 4) is 11.5 Å². The number of ether oxygens (including phenoxy) is 2. The van der Waals surface area contributed by atoms with Crippen LogP contribution in [0.3, 0.4) is 0 Å². The molecule has 1 aromatic carbocycles. The van der Waals surface area contributed by atoms with Crippen LogP contribution >= 0.6 is 0 Å². The molecule has 0 spiro atoms. The van der Waals surface area contributed by atoms with E-state index >= 15 is 0 Å². The summed E-state index contributed by atoms with van der Waals surface area (Å²) in [5, 5.41) is 0. The fourth-order valence-electron chi connectivity index (χ4n) is 3.41. The highest BCUT2D eigenvalue weighted by Gasteiger charge is 2.22. The minimum Gasteiger partial charge on any atom is -0.493 e. The van der Waals surface area contributed by atoms with Crippen LogP contribution < -0.4 is 9.47 Å². The Kier molecular flexibility index (Phi) is 8.96. The zero-order valence-corrected chi connectivity index (χ0v) is 17.7. The van der Waals surface area contributed by atoms with E-state index < -0.39 is 0 Å². The van der Waals surface area contributed by atoms with E-state index in [-0.39, 0.29) is 30.4 Å². The van der Waals surface area contributed by atoms with Gasteiger partial charge in [-0.1, -0.05) is 6.07 Å². The fourth-order valence-corrected chi connectivity index (χ4v) is 3.41. The van der Waals surface area contributed by atoms with Crippen molar-refractivity contribution in [2.75, 3.05) is 39.9 Å². The lowest BCUT2D eigenvalue weighted by Crippen LogP contribution is -2.37. The molecule has 0 bridgehead atoms. The molecule has 0 aromatic heterocycles. The monoisotopic (exact) mass is 404 g/mol. The minimum absolute atomic E-state index is 0.00372. The molecule has 1 heterocycles. The largest absolute Gasteiger partial charge is 0.493 e. The fraction of sp³-hybridized carbons (Fsp3) is 0.591. The highest BCUT2D eigenvalue weighted by Crippen LogP contribution is 2.28. The summed E-state index contributed by atoms with van der Waals surface area (Å²) >= 11 is 0. The second-order valence-electron chi connectivity index (χ2n) is 7.24. The first-order chi connectivity index (χ1) is 13.9. The third-order valence-corrected chi connectivity index (χ3v) is 5.05. The van der Waals surface area contributed by atoms with E-state index in [0.29, 0.717) is 57.1 Å². The highest BCUT2D eigenvalue weighted by molar-refractivity contribution is 5.83. The molecule has 0 unspecified atom stereocenters. The molecule has 1 aliphatic rings. The van der Waals surface area contributed by atoms with E-state index in [9.17, 15) is 14.4 Å². The average molecular weight is 405 g/mol. The predicted molar refractivity (Wildman–Crippen MR) is 110 cm³/mol. The first kappa shape index (κ1) is 22.7. The standard InChI is InChI=1S/C22H32N2O5/c1-4-29-19-9-7-18(16-20(19)28-3)8-11-22(27)24-13-5-12-23(14-15-24)21(26)10-6-17(2)25/h7,9,16H,4-6,8,10-15H2,1-3H3. The molecular weight excluding hydrogens is 372 g/mol. The first-order valence-electron chi connectivity index (χ1n) is 10.3. The Morgan fingerprint density at radius 1 is 0.931 bits per heavy atom. The predicted octanol–water partition coefficient (Wildman–Crippen LogP) is 2.46. The number of nitrogens with zero attached hydrogens (tertiary/aromatic N) is 2. The van der Waals surface area contributed by atoms with Crippen molar-refractivity contribution in [3.05, 3.63) is 23.8 Å². The minimum atomic E-state index is -0.00372. The zero-order valence-electron chi connectivity index (χ0n) is 17.7. The van der Waals surface area contributed by atoms with Crippen LogP contribution in [0.4, 0.5) is 0 Å². The smallest absolute Gasteiger partial charge is 0.223 e. The van der Waals surface area contributed by atoms with Gasteiger partial charge in [-0.25, -0.2) is 0 Å². The Bertz CT molecular complexity index is 719. The van der Waals surface area contributed by atoms with Crippen molar-refractivity contribution < 1.29 is 23.9 Å². The SMILES string of the molecule is CCOc1ccc(CCC(=O)N2CCCN(C(=O)CCC(C)=O)CC2)cc1OC. The molecule has 0 saturated carbocycles. The normalized spacial score (nSPS) is 14.3. The summed E-state index contributed by atoms with van der Waals surface area (Å²) in [5.74, 6) is 1.49. The van der Waals surface area contributed by atoms with Gasteiger partial charge in [0.2, 0.25) is 11.8 Å². The van der Waals surface area contributed by atoms with Crippen molar-refractivity contribution in [2.24, 2.45) is 0 Å². The van der Waals surface area contributed by atoms with Gasteiger partial charge in [0.1, 0.15) is 5.78 Å². The maximum absolute atomic E-state index is 12.7. The summed E-state index contributed by atoms with van der Waals surface area (Å²) in [4.78, 5) is 39.6. The number of carbonyl (C=O) groups is 3. The topological polar surface area (TPSA) is 76.2 Å². The van der Waals surface area contributed by atoms with Gasteiger partial charge in [0, 0.05) is 45.4 Å². The lowest BCUT2D eigenvalue weighted by molar-refractivity contribution is -0.134. The number of rotatable bonds is 9. The van der Waals surface area contributed by atoms with Gasteiger partial charge in [-0.3, -0.25) is 9.59 Å². The number of ketones is 1. The summed E-state index contributed by atoms with van der Waals surface area (Å²) < 4.78 is 10.9. The van der Waals surface area contributed by atoms with Gasteiger partial charge < -0.3 is 24.1 Å². The van der Waals surface area contributed by atoms with E-state index in [2.05, 4.69) is 0 Å². The number of methoxy groups -OCH3 is 1. The Morgan fingerprint density at radius 3 is 2.17 bits per heavy atom. The molecule has 0 aliphatic carbocycles. The molecular formula is C22H32N2O5. The van der Waals surface area contributed by atoms with Crippen LogP contribution in [0.15, 0.2) is 18.2 Å². The summed E-state index contributed by atoms with van der Waals surface area (Å²) in [5.41, 5.74) is 1.02. The maximum atomic E-state index is 12.7. The second kappa shape index (κ2) is 11.4. The molecule has 0 N–H and O–H groups in total. The Balaban J connectivity index is 1.85. The third-order valence-electron chi connectivity index (χ3n) is 5.05. The molecule has 29 heavy (non-hydrogen) atoms. The van der Waals surface area contributed by atoms with Gasteiger partial charge in [0.25, 0.3) is 0 Å². The maximum Gasteiger partial charge on any atom is 0.223 e. The van der Waals surface area contributed by atoms with Crippen molar-refractivity contribution in [3.63, 3.8) is 0 Å². The van der Waals surface area contributed by atoms with Crippen molar-refractivity contribution >= 4 is 17.6 Å². The first-order valence-corrected chi connectivity index (χ1v) is 10.3. The van der Waals surface area contributed by atoms with Gasteiger partial charge in [0.05, 0.1) is 13.7 Å². The van der Waals surface area contributed by atoms with Crippen LogP contribution in [0.25, 0.3) is 0 Å². The zero-order chi connectivity index (χ0) is 21.2. The lowest BCUT2D eigenvalue weighted by atomic mass is 10.1. The second-order valence-corrected chi connectivity index (χ2v) is 7.24. The molecule has 1 fully saturated rings. The molecule has 1 saturated heterocycles. The molecule has 1 aliphatic heterocycles. The molecule has 1 aromatic rings. The lowest BCUT2D eigenvalue weighted by Gasteiger charge is -2.22. The van der Waals surface area contributed by atoms with E-state index in [1.165, 1.54) is 6.92 Å². The summed E-state index contributed by atoms with van der Waals surface area (Å²) in [6.07, 6.45) is 2.33. The highest BCUT2D eigenvalue weighted by atomic mass is 16.5. The molecule has 0 atom stereocenters. The molecule has 2 rings (SSSR count). The van der Waals surface area contributed by atoms with Crippen LogP contribution in [0.2, 0.25) is 0 Å². The molecule has 160 valence electrons. The number of aryl methyl sites for hydroxylation is 1. The summed E-state index contributed by atoms with van der Waals surface area (Å²) in [6, 6.07) is 5.74. The van der Waals surface area contributed by atoms with Crippen molar-refractivity contribution in [1.29, 1.82) is 0 Å². The van der Waals surface area contributed by atoms with Crippen molar-refractivity contribution in [2.45, 2.75) is 46.0 Å². The van der Waals surface area contributed by atoms with Gasteiger partial charge in [-0.15, -0.1) is 0 Å².